The summed E-state index contributed by atoms with van der Waals surface area (Å²) >= 11 is 0. The van der Waals surface area contributed by atoms with Gasteiger partial charge in [-0.3, -0.25) is 9.59 Å². The third kappa shape index (κ3) is 2.83. The van der Waals surface area contributed by atoms with Crippen molar-refractivity contribution in [2.75, 3.05) is 26.2 Å². The van der Waals surface area contributed by atoms with Crippen molar-refractivity contribution < 1.29 is 9.59 Å². The van der Waals surface area contributed by atoms with Crippen LogP contribution in [0.25, 0.3) is 0 Å². The molecule has 2 rings (SSSR count). The normalized spacial score (nSPS) is 25.2. The number of carbonyl (C=O) groups is 2. The zero-order chi connectivity index (χ0) is 13.1. The zero-order valence-corrected chi connectivity index (χ0v) is 11.3. The largest absolute Gasteiger partial charge is 0.339 e. The van der Waals surface area contributed by atoms with Gasteiger partial charge in [0, 0.05) is 44.6 Å². The van der Waals surface area contributed by atoms with Crippen molar-refractivity contribution >= 4 is 11.8 Å². The molecule has 5 heteroatoms. The van der Waals surface area contributed by atoms with Crippen molar-refractivity contribution in [2.45, 2.75) is 45.2 Å². The molecular formula is C13H23N3O2. The Labute approximate surface area is 108 Å². The highest BCUT2D eigenvalue weighted by Crippen LogP contribution is 2.23. The molecule has 2 fully saturated rings. The minimum absolute atomic E-state index is 0.211. The Bertz CT molecular complexity index is 332. The van der Waals surface area contributed by atoms with E-state index in [0.29, 0.717) is 25.9 Å². The molecule has 1 N–H and O–H groups in total. The van der Waals surface area contributed by atoms with Gasteiger partial charge in [0.25, 0.3) is 0 Å². The standard InChI is InChI=1S/C13H23N3O2/c1-3-14-10(2)8-13(18)15-6-7-16-11(9-15)4-5-12(16)17/h10-11,14H,3-9H2,1-2H3. The Balaban J connectivity index is 1.84. The van der Waals surface area contributed by atoms with E-state index in [9.17, 15) is 9.59 Å². The quantitative estimate of drug-likeness (QED) is 0.779. The van der Waals surface area contributed by atoms with Crippen LogP contribution in [0.1, 0.15) is 33.1 Å². The number of piperazine rings is 1. The molecule has 102 valence electrons. The second-order valence-electron chi connectivity index (χ2n) is 5.28. The molecule has 2 saturated heterocycles. The molecule has 5 nitrogen and oxygen atoms in total. The first kappa shape index (κ1) is 13.3. The Kier molecular flexibility index (Phi) is 4.22. The molecule has 0 saturated carbocycles. The molecule has 2 atom stereocenters. The van der Waals surface area contributed by atoms with E-state index in [-0.39, 0.29) is 23.9 Å². The van der Waals surface area contributed by atoms with Crippen LogP contribution in [-0.4, -0.2) is 59.9 Å². The van der Waals surface area contributed by atoms with Gasteiger partial charge in [-0.1, -0.05) is 6.92 Å². The summed E-state index contributed by atoms with van der Waals surface area (Å²) < 4.78 is 0. The van der Waals surface area contributed by atoms with Crippen LogP contribution in [0, 0.1) is 0 Å². The van der Waals surface area contributed by atoms with E-state index in [0.717, 1.165) is 19.5 Å². The molecular weight excluding hydrogens is 230 g/mol. The van der Waals surface area contributed by atoms with Gasteiger partial charge in [-0.05, 0) is 19.9 Å². The maximum atomic E-state index is 12.1. The Morgan fingerprint density at radius 3 is 3.00 bits per heavy atom. The van der Waals surface area contributed by atoms with Gasteiger partial charge in [-0.2, -0.15) is 0 Å². The molecule has 0 spiro atoms. The second-order valence-corrected chi connectivity index (χ2v) is 5.28. The van der Waals surface area contributed by atoms with Crippen molar-refractivity contribution in [1.29, 1.82) is 0 Å². The topological polar surface area (TPSA) is 52.7 Å². The predicted molar refractivity (Wildman–Crippen MR) is 69.1 cm³/mol. The van der Waals surface area contributed by atoms with Crippen molar-refractivity contribution in [3.8, 4) is 0 Å². The van der Waals surface area contributed by atoms with Crippen LogP contribution in [0.2, 0.25) is 0 Å². The van der Waals surface area contributed by atoms with E-state index in [4.69, 9.17) is 0 Å². The van der Waals surface area contributed by atoms with Gasteiger partial charge in [0.15, 0.2) is 0 Å². The average molecular weight is 253 g/mol. The molecule has 0 aromatic rings. The molecule has 2 heterocycles. The fraction of sp³-hybridized carbons (Fsp3) is 0.846. The summed E-state index contributed by atoms with van der Waals surface area (Å²) in [4.78, 5) is 27.6. The van der Waals surface area contributed by atoms with Crippen LogP contribution in [0.3, 0.4) is 0 Å². The minimum Gasteiger partial charge on any atom is -0.339 e. The molecule has 0 aromatic heterocycles. The van der Waals surface area contributed by atoms with E-state index in [1.807, 2.05) is 23.6 Å². The van der Waals surface area contributed by atoms with Gasteiger partial charge in [-0.25, -0.2) is 0 Å². The van der Waals surface area contributed by atoms with Crippen LogP contribution in [0.5, 0.6) is 0 Å². The van der Waals surface area contributed by atoms with Crippen LogP contribution in [-0.2, 0) is 9.59 Å². The van der Waals surface area contributed by atoms with Crippen LogP contribution in [0.15, 0.2) is 0 Å². The first-order valence-corrected chi connectivity index (χ1v) is 6.92. The van der Waals surface area contributed by atoms with Crippen LogP contribution in [0.4, 0.5) is 0 Å². The fourth-order valence-corrected chi connectivity index (χ4v) is 2.90. The number of hydrogen-bond acceptors (Lipinski definition) is 3. The summed E-state index contributed by atoms with van der Waals surface area (Å²) in [5.41, 5.74) is 0. The maximum Gasteiger partial charge on any atom is 0.224 e. The molecule has 2 unspecified atom stereocenters. The number of nitrogens with zero attached hydrogens (tertiary/aromatic N) is 2. The summed E-state index contributed by atoms with van der Waals surface area (Å²) in [6.07, 6.45) is 2.11. The average Bonchev–Trinajstić information content (AvgIpc) is 2.71. The second kappa shape index (κ2) is 5.69. The molecule has 2 aliphatic rings. The zero-order valence-electron chi connectivity index (χ0n) is 11.3. The minimum atomic E-state index is 0.211. The monoisotopic (exact) mass is 253 g/mol. The number of fused-ring (bicyclic) bond motifs is 1. The summed E-state index contributed by atoms with van der Waals surface area (Å²) in [7, 11) is 0. The van der Waals surface area contributed by atoms with E-state index in [1.54, 1.807) is 0 Å². The number of rotatable bonds is 4. The highest BCUT2D eigenvalue weighted by Gasteiger charge is 2.36. The van der Waals surface area contributed by atoms with E-state index >= 15 is 0 Å². The highest BCUT2D eigenvalue weighted by molar-refractivity contribution is 5.80. The van der Waals surface area contributed by atoms with Crippen molar-refractivity contribution in [1.82, 2.24) is 15.1 Å². The fourth-order valence-electron chi connectivity index (χ4n) is 2.90. The Morgan fingerprint density at radius 1 is 1.50 bits per heavy atom. The number of carbonyl (C=O) groups excluding carboxylic acids is 2. The van der Waals surface area contributed by atoms with Crippen molar-refractivity contribution in [3.63, 3.8) is 0 Å². The lowest BCUT2D eigenvalue weighted by atomic mass is 10.1. The lowest BCUT2D eigenvalue weighted by Crippen LogP contribution is -2.53. The first-order valence-electron chi connectivity index (χ1n) is 6.92. The van der Waals surface area contributed by atoms with Crippen LogP contribution < -0.4 is 5.32 Å². The van der Waals surface area contributed by atoms with Gasteiger partial charge in [0.05, 0.1) is 0 Å². The van der Waals surface area contributed by atoms with Crippen molar-refractivity contribution in [3.05, 3.63) is 0 Å². The first-order chi connectivity index (χ1) is 8.61. The molecule has 0 aromatic carbocycles. The maximum absolute atomic E-state index is 12.1. The Morgan fingerprint density at radius 2 is 2.28 bits per heavy atom. The van der Waals surface area contributed by atoms with Gasteiger partial charge < -0.3 is 15.1 Å². The highest BCUT2D eigenvalue weighted by atomic mass is 16.2. The molecule has 0 radical (unpaired) electrons. The van der Waals surface area contributed by atoms with Crippen molar-refractivity contribution in [2.24, 2.45) is 0 Å². The third-order valence-corrected chi connectivity index (χ3v) is 3.88. The summed E-state index contributed by atoms with van der Waals surface area (Å²) in [5.74, 6) is 0.468. The Hall–Kier alpha value is -1.10. The predicted octanol–water partition coefficient (Wildman–Crippen LogP) is 0.208. The van der Waals surface area contributed by atoms with Gasteiger partial charge in [0.1, 0.15) is 0 Å². The third-order valence-electron chi connectivity index (χ3n) is 3.88. The summed E-state index contributed by atoms with van der Waals surface area (Å²) in [6, 6.07) is 0.496. The SMILES string of the molecule is CCNC(C)CC(=O)N1CCN2C(=O)CCC2C1. The van der Waals surface area contributed by atoms with E-state index in [2.05, 4.69) is 5.32 Å². The summed E-state index contributed by atoms with van der Waals surface area (Å²) in [5, 5.41) is 3.26. The van der Waals surface area contributed by atoms with Gasteiger partial charge >= 0.3 is 0 Å². The van der Waals surface area contributed by atoms with E-state index < -0.39 is 0 Å². The number of nitrogens with one attached hydrogen (secondary N) is 1. The molecule has 2 aliphatic heterocycles. The smallest absolute Gasteiger partial charge is 0.224 e. The summed E-state index contributed by atoms with van der Waals surface area (Å²) in [6.45, 7) is 7.11. The van der Waals surface area contributed by atoms with Gasteiger partial charge in [0.2, 0.25) is 11.8 Å². The lowest BCUT2D eigenvalue weighted by Gasteiger charge is -2.38. The molecule has 0 bridgehead atoms. The van der Waals surface area contributed by atoms with Crippen LogP contribution >= 0.6 is 0 Å². The molecule has 18 heavy (non-hydrogen) atoms. The number of hydrogen-bond donors (Lipinski definition) is 1. The number of amides is 2. The lowest BCUT2D eigenvalue weighted by molar-refractivity contribution is -0.139. The van der Waals surface area contributed by atoms with Gasteiger partial charge in [-0.15, -0.1) is 0 Å². The van der Waals surface area contributed by atoms with E-state index in [1.165, 1.54) is 0 Å². The molecule has 0 aliphatic carbocycles. The molecule has 2 amide bonds.